The van der Waals surface area contributed by atoms with E-state index in [4.69, 9.17) is 37.0 Å². The summed E-state index contributed by atoms with van der Waals surface area (Å²) in [4.78, 5) is 72.1. The predicted octanol–water partition coefficient (Wildman–Crippen LogP) is 17.4. The van der Waals surface area contributed by atoms with Gasteiger partial charge in [-0.25, -0.2) is 9.13 Å². The maximum atomic E-state index is 13.0. The predicted molar refractivity (Wildman–Crippen MR) is 331 cm³/mol. The molecule has 0 heterocycles. The number of aliphatic hydroxyl groups is 1. The van der Waals surface area contributed by atoms with Crippen LogP contribution >= 0.6 is 15.6 Å². The van der Waals surface area contributed by atoms with E-state index in [0.29, 0.717) is 37.5 Å². The molecule has 0 aromatic carbocycles. The van der Waals surface area contributed by atoms with Crippen LogP contribution in [0.1, 0.15) is 306 Å². The summed E-state index contributed by atoms with van der Waals surface area (Å²) in [6.07, 6.45) is 33.8. The molecule has 0 aromatic heterocycles. The van der Waals surface area contributed by atoms with Crippen molar-refractivity contribution in [1.82, 2.24) is 0 Å². The number of phosphoric ester groups is 2. The van der Waals surface area contributed by atoms with Crippen molar-refractivity contribution in [2.75, 3.05) is 39.6 Å². The molecule has 0 aromatic rings. The number of esters is 4. The highest BCUT2D eigenvalue weighted by Crippen LogP contribution is 2.45. The van der Waals surface area contributed by atoms with E-state index in [1.807, 2.05) is 0 Å². The third-order valence-electron chi connectivity index (χ3n) is 14.9. The van der Waals surface area contributed by atoms with Gasteiger partial charge in [0.15, 0.2) is 12.2 Å². The van der Waals surface area contributed by atoms with Gasteiger partial charge in [0.05, 0.1) is 26.4 Å². The van der Waals surface area contributed by atoms with Crippen LogP contribution in [-0.4, -0.2) is 96.7 Å². The molecule has 0 amide bonds. The molecular formula is C64H124O17P2. The smallest absolute Gasteiger partial charge is 0.462 e. The first-order chi connectivity index (χ1) is 39.6. The third-order valence-corrected chi connectivity index (χ3v) is 16.8. The zero-order valence-electron chi connectivity index (χ0n) is 53.8. The SMILES string of the molecule is CCC(C)CCCCCCCCC(=O)OC[C@H](COP(=O)(O)OC[C@@H](O)COP(=O)(O)OC[C@@H](COC(=O)CCCCCCCCC(C)C)OC(=O)CCCCCCCCC(C)C)OC(=O)CCCCCCCCCCCCCCC(C)C. The zero-order valence-corrected chi connectivity index (χ0v) is 55.6. The molecule has 6 atom stereocenters. The van der Waals surface area contributed by atoms with Crippen molar-refractivity contribution >= 4 is 39.5 Å². The first kappa shape index (κ1) is 81.1. The van der Waals surface area contributed by atoms with E-state index in [1.54, 1.807) is 0 Å². The summed E-state index contributed by atoms with van der Waals surface area (Å²) in [5.41, 5.74) is 0. The molecule has 3 unspecified atom stereocenters. The van der Waals surface area contributed by atoms with Gasteiger partial charge in [0, 0.05) is 25.7 Å². The summed E-state index contributed by atoms with van der Waals surface area (Å²) in [7, 11) is -9.89. The highest BCUT2D eigenvalue weighted by molar-refractivity contribution is 7.47. The highest BCUT2D eigenvalue weighted by atomic mass is 31.2. The van der Waals surface area contributed by atoms with E-state index in [9.17, 15) is 43.2 Å². The van der Waals surface area contributed by atoms with E-state index in [0.717, 1.165) is 115 Å². The number of phosphoric acid groups is 2. The van der Waals surface area contributed by atoms with E-state index in [1.165, 1.54) is 96.3 Å². The maximum Gasteiger partial charge on any atom is 0.472 e. The van der Waals surface area contributed by atoms with E-state index < -0.39 is 97.5 Å². The van der Waals surface area contributed by atoms with Crippen LogP contribution in [0.4, 0.5) is 0 Å². The second-order valence-corrected chi connectivity index (χ2v) is 27.7. The van der Waals surface area contributed by atoms with Crippen molar-refractivity contribution in [3.05, 3.63) is 0 Å². The van der Waals surface area contributed by atoms with Crippen molar-refractivity contribution < 1.29 is 80.2 Å². The van der Waals surface area contributed by atoms with Gasteiger partial charge in [0.2, 0.25) is 0 Å². The van der Waals surface area contributed by atoms with Crippen molar-refractivity contribution in [2.45, 2.75) is 324 Å². The fraction of sp³-hybridized carbons (Fsp3) is 0.938. The molecule has 0 aliphatic rings. The lowest BCUT2D eigenvalue weighted by atomic mass is 10.00. The van der Waals surface area contributed by atoms with E-state index in [-0.39, 0.29) is 25.7 Å². The molecule has 0 aliphatic carbocycles. The van der Waals surface area contributed by atoms with Gasteiger partial charge in [0.1, 0.15) is 19.3 Å². The number of ether oxygens (including phenoxy) is 4. The summed E-state index contributed by atoms with van der Waals surface area (Å²) in [6.45, 7) is 13.9. The number of hydrogen-bond acceptors (Lipinski definition) is 15. The first-order valence-corrected chi connectivity index (χ1v) is 36.2. The number of hydrogen-bond donors (Lipinski definition) is 3. The summed E-state index contributed by atoms with van der Waals surface area (Å²) in [6, 6.07) is 0. The minimum absolute atomic E-state index is 0.100. The van der Waals surface area contributed by atoms with Crippen LogP contribution in [0.2, 0.25) is 0 Å². The average molecular weight is 1230 g/mol. The van der Waals surface area contributed by atoms with Crippen LogP contribution < -0.4 is 0 Å². The van der Waals surface area contributed by atoms with Crippen LogP contribution in [0.5, 0.6) is 0 Å². The molecule has 83 heavy (non-hydrogen) atoms. The lowest BCUT2D eigenvalue weighted by molar-refractivity contribution is -0.161. The Labute approximate surface area is 505 Å². The van der Waals surface area contributed by atoms with Crippen LogP contribution in [0.15, 0.2) is 0 Å². The molecule has 0 rings (SSSR count). The molecule has 0 aliphatic heterocycles. The van der Waals surface area contributed by atoms with Crippen LogP contribution in [-0.2, 0) is 65.4 Å². The van der Waals surface area contributed by atoms with Crippen molar-refractivity contribution in [3.63, 3.8) is 0 Å². The lowest BCUT2D eigenvalue weighted by Gasteiger charge is -2.21. The molecule has 492 valence electrons. The van der Waals surface area contributed by atoms with Gasteiger partial charge in [-0.15, -0.1) is 0 Å². The van der Waals surface area contributed by atoms with Crippen molar-refractivity contribution in [2.24, 2.45) is 23.7 Å². The minimum atomic E-state index is -4.95. The van der Waals surface area contributed by atoms with Crippen LogP contribution in [0.3, 0.4) is 0 Å². The quantitative estimate of drug-likeness (QED) is 0.0222. The standard InChI is InChI=1S/C64H124O17P2/c1-9-57(8)43-35-27-20-23-29-37-45-62(67)75-50-59(80-63(68)46-38-30-17-15-13-11-10-12-14-16-24-32-40-54(2)3)52-78-82(70,71)76-48-58(65)49-77-83(72,73)79-53-60(81-64(69)47-39-31-22-19-26-34-42-56(6)7)51-74-61(66)44-36-28-21-18-25-33-41-55(4)5/h54-60,65H,9-53H2,1-8H3,(H,70,71)(H,72,73)/t57?,58-,59-,60-/m1/s1. The summed E-state index contributed by atoms with van der Waals surface area (Å²) >= 11 is 0. The number of rotatable bonds is 61. The van der Waals surface area contributed by atoms with Crippen LogP contribution in [0.25, 0.3) is 0 Å². The zero-order chi connectivity index (χ0) is 61.8. The number of carbonyl (C=O) groups excluding carboxylic acids is 4. The Balaban J connectivity index is 5.23. The Hall–Kier alpha value is -1.94. The van der Waals surface area contributed by atoms with Gasteiger partial charge in [0.25, 0.3) is 0 Å². The largest absolute Gasteiger partial charge is 0.472 e. The highest BCUT2D eigenvalue weighted by Gasteiger charge is 2.30. The average Bonchev–Trinajstić information content (AvgIpc) is 3.48. The van der Waals surface area contributed by atoms with Crippen LogP contribution in [0, 0.1) is 23.7 Å². The molecule has 0 radical (unpaired) electrons. The third kappa shape index (κ3) is 57.6. The Bertz CT molecular complexity index is 1660. The maximum absolute atomic E-state index is 13.0. The Morgan fingerprint density at radius 1 is 0.337 bits per heavy atom. The molecule has 0 spiro atoms. The first-order valence-electron chi connectivity index (χ1n) is 33.2. The fourth-order valence-corrected chi connectivity index (χ4v) is 11.0. The van der Waals surface area contributed by atoms with Crippen molar-refractivity contribution in [1.29, 1.82) is 0 Å². The molecular weight excluding hydrogens is 1100 g/mol. The summed E-state index contributed by atoms with van der Waals surface area (Å²) in [5, 5.41) is 10.5. The second kappa shape index (κ2) is 54.2. The monoisotopic (exact) mass is 1230 g/mol. The molecule has 17 nitrogen and oxygen atoms in total. The second-order valence-electron chi connectivity index (χ2n) is 24.8. The van der Waals surface area contributed by atoms with Crippen molar-refractivity contribution in [3.8, 4) is 0 Å². The van der Waals surface area contributed by atoms with Gasteiger partial charge in [-0.3, -0.25) is 37.3 Å². The Kier molecular flexibility index (Phi) is 53.0. The summed E-state index contributed by atoms with van der Waals surface area (Å²) < 4.78 is 67.9. The van der Waals surface area contributed by atoms with Gasteiger partial charge in [-0.2, -0.15) is 0 Å². The minimum Gasteiger partial charge on any atom is -0.462 e. The van der Waals surface area contributed by atoms with E-state index in [2.05, 4.69) is 55.4 Å². The normalized spacial score (nSPS) is 14.8. The van der Waals surface area contributed by atoms with Gasteiger partial charge < -0.3 is 33.8 Å². The molecule has 0 saturated carbocycles. The molecule has 0 bridgehead atoms. The fourth-order valence-electron chi connectivity index (χ4n) is 9.40. The molecule has 3 N–H and O–H groups in total. The lowest BCUT2D eigenvalue weighted by Crippen LogP contribution is -2.30. The molecule has 0 saturated heterocycles. The number of aliphatic hydroxyl groups excluding tert-OH is 1. The van der Waals surface area contributed by atoms with Gasteiger partial charge >= 0.3 is 39.5 Å². The molecule has 19 heteroatoms. The topological polar surface area (TPSA) is 237 Å². The number of unbranched alkanes of at least 4 members (excludes halogenated alkanes) is 26. The molecule has 0 fully saturated rings. The van der Waals surface area contributed by atoms with E-state index >= 15 is 0 Å². The summed E-state index contributed by atoms with van der Waals surface area (Å²) in [5.74, 6) is 0.712. The van der Waals surface area contributed by atoms with Gasteiger partial charge in [-0.1, -0.05) is 254 Å². The number of carbonyl (C=O) groups is 4. The Morgan fingerprint density at radius 2 is 0.578 bits per heavy atom. The van der Waals surface area contributed by atoms with Gasteiger partial charge in [-0.05, 0) is 49.4 Å². The Morgan fingerprint density at radius 3 is 0.855 bits per heavy atom.